The van der Waals surface area contributed by atoms with Crippen LogP contribution >= 0.6 is 9.47 Å². The van der Waals surface area contributed by atoms with Gasteiger partial charge < -0.3 is 14.2 Å². The summed E-state index contributed by atoms with van der Waals surface area (Å²) < 4.78 is 50.1. The highest BCUT2D eigenvalue weighted by molar-refractivity contribution is 7.10. The van der Waals surface area contributed by atoms with Crippen LogP contribution in [0.5, 0.6) is 11.5 Å². The van der Waals surface area contributed by atoms with Gasteiger partial charge >= 0.3 is 6.18 Å². The fraction of sp³-hybridized carbons (Fsp3) is 0.421. The van der Waals surface area contributed by atoms with Crippen molar-refractivity contribution in [2.45, 2.75) is 25.1 Å². The van der Waals surface area contributed by atoms with E-state index >= 15 is 0 Å². The van der Waals surface area contributed by atoms with Crippen molar-refractivity contribution in [3.05, 3.63) is 52.5 Å². The molecule has 1 aliphatic heterocycles. The van der Waals surface area contributed by atoms with Gasteiger partial charge in [-0.2, -0.15) is 13.2 Å². The van der Waals surface area contributed by atoms with E-state index < -0.39 is 11.7 Å². The number of rotatable bonds is 5. The van der Waals surface area contributed by atoms with Crippen LogP contribution in [-0.2, 0) is 6.18 Å². The average Bonchev–Trinajstić information content (AvgIpc) is 2.95. The van der Waals surface area contributed by atoms with Crippen LogP contribution < -0.4 is 14.2 Å². The highest BCUT2D eigenvalue weighted by atomic mass is 31.0. The second-order valence-electron chi connectivity index (χ2n) is 7.43. The molecule has 1 aromatic heterocycles. The van der Waals surface area contributed by atoms with Crippen LogP contribution in [-0.4, -0.2) is 24.2 Å². The molecule has 1 saturated carbocycles. The minimum atomic E-state index is -4.44. The summed E-state index contributed by atoms with van der Waals surface area (Å²) in [4.78, 5) is 9.09. The molecule has 2 heterocycles. The first-order valence-corrected chi connectivity index (χ1v) is 9.87. The summed E-state index contributed by atoms with van der Waals surface area (Å²) in [5.74, 6) is 1.15. The summed E-state index contributed by atoms with van der Waals surface area (Å²) in [6.07, 6.45) is -0.891. The van der Waals surface area contributed by atoms with Gasteiger partial charge in [-0.15, -0.1) is 0 Å². The Kier molecular flexibility index (Phi) is 5.62. The molecular formula is C19H19F3N5O2P. The van der Waals surface area contributed by atoms with E-state index in [2.05, 4.69) is 19.9 Å². The molecule has 2 aliphatic rings. The number of hydrogen-bond donors (Lipinski definition) is 0. The summed E-state index contributed by atoms with van der Waals surface area (Å²) in [6, 6.07) is 6.83. The average molecular weight is 437 g/mol. The van der Waals surface area contributed by atoms with Crippen molar-refractivity contribution in [1.82, 2.24) is 4.98 Å². The first-order valence-electron chi connectivity index (χ1n) is 9.40. The molecule has 0 spiro atoms. The number of aromatic nitrogens is 1. The second kappa shape index (κ2) is 8.20. The predicted molar refractivity (Wildman–Crippen MR) is 108 cm³/mol. The Balaban J connectivity index is 1.49. The lowest BCUT2D eigenvalue weighted by Gasteiger charge is -2.39. The van der Waals surface area contributed by atoms with E-state index in [0.29, 0.717) is 11.6 Å². The van der Waals surface area contributed by atoms with Crippen LogP contribution in [0.25, 0.3) is 10.4 Å². The van der Waals surface area contributed by atoms with Gasteiger partial charge in [-0.25, -0.2) is 0 Å². The van der Waals surface area contributed by atoms with Crippen LogP contribution in [0.4, 0.5) is 24.7 Å². The van der Waals surface area contributed by atoms with Crippen LogP contribution in [0.1, 0.15) is 18.4 Å². The van der Waals surface area contributed by atoms with E-state index in [4.69, 9.17) is 14.8 Å². The van der Waals surface area contributed by atoms with E-state index in [1.54, 1.807) is 12.3 Å². The molecular weight excluding hydrogens is 418 g/mol. The summed E-state index contributed by atoms with van der Waals surface area (Å²) in [5, 5.41) is 3.48. The van der Waals surface area contributed by atoms with E-state index in [-0.39, 0.29) is 23.7 Å². The molecule has 4 atom stereocenters. The van der Waals surface area contributed by atoms with Crippen molar-refractivity contribution in [3.8, 4) is 11.5 Å². The molecule has 2 aromatic rings. The Bertz CT molecular complexity index is 952. The van der Waals surface area contributed by atoms with Crippen molar-refractivity contribution >= 4 is 21.0 Å². The Morgan fingerprint density at radius 2 is 1.87 bits per heavy atom. The molecule has 0 amide bonds. The van der Waals surface area contributed by atoms with Gasteiger partial charge in [-0.1, -0.05) is 0 Å². The van der Waals surface area contributed by atoms with Crippen molar-refractivity contribution in [3.63, 3.8) is 0 Å². The lowest BCUT2D eigenvalue weighted by atomic mass is 9.94. The highest BCUT2D eigenvalue weighted by Gasteiger charge is 2.44. The van der Waals surface area contributed by atoms with Crippen molar-refractivity contribution in [1.29, 1.82) is 0 Å². The SMILES string of the molecule is [N-]=[N+]=Nc1ccc(N2C[C@H]3CC[C@@H](C2)C3Oc2ccc(C(F)(F)F)cc2OP)cn1. The third-order valence-electron chi connectivity index (χ3n) is 5.65. The summed E-state index contributed by atoms with van der Waals surface area (Å²) in [5.41, 5.74) is 8.65. The molecule has 1 aliphatic carbocycles. The maximum Gasteiger partial charge on any atom is 0.416 e. The Hall–Kier alpha value is -2.70. The number of hydrogen-bond acceptors (Lipinski definition) is 5. The highest BCUT2D eigenvalue weighted by Crippen LogP contribution is 2.44. The van der Waals surface area contributed by atoms with E-state index in [1.807, 2.05) is 15.5 Å². The van der Waals surface area contributed by atoms with Crippen molar-refractivity contribution < 1.29 is 22.4 Å². The molecule has 158 valence electrons. The molecule has 30 heavy (non-hydrogen) atoms. The maximum absolute atomic E-state index is 13.0. The molecule has 2 unspecified atom stereocenters. The molecule has 2 bridgehead atoms. The van der Waals surface area contributed by atoms with Crippen LogP contribution in [0.15, 0.2) is 41.6 Å². The van der Waals surface area contributed by atoms with Crippen LogP contribution in [0, 0.1) is 11.8 Å². The lowest BCUT2D eigenvalue weighted by molar-refractivity contribution is -0.137. The lowest BCUT2D eigenvalue weighted by Crippen LogP contribution is -2.47. The zero-order valence-electron chi connectivity index (χ0n) is 15.8. The molecule has 7 nitrogen and oxygen atoms in total. The predicted octanol–water partition coefficient (Wildman–Crippen LogP) is 5.50. The van der Waals surface area contributed by atoms with Gasteiger partial charge in [0.15, 0.2) is 11.5 Å². The van der Waals surface area contributed by atoms with Crippen LogP contribution in [0.3, 0.4) is 0 Å². The van der Waals surface area contributed by atoms with Crippen LogP contribution in [0.2, 0.25) is 0 Å². The second-order valence-corrected chi connectivity index (χ2v) is 7.66. The normalized spacial score (nSPS) is 23.1. The van der Waals surface area contributed by atoms with E-state index in [0.717, 1.165) is 43.8 Å². The fourth-order valence-corrected chi connectivity index (χ4v) is 4.45. The topological polar surface area (TPSA) is 83.4 Å². The molecule has 4 rings (SSSR count). The van der Waals surface area contributed by atoms with Gasteiger partial charge in [0.2, 0.25) is 0 Å². The molecule has 0 N–H and O–H groups in total. The molecule has 2 fully saturated rings. The quantitative estimate of drug-likeness (QED) is 0.267. The number of halogens is 3. The Labute approximate surface area is 173 Å². The first kappa shape index (κ1) is 20.6. The third kappa shape index (κ3) is 4.11. The van der Waals surface area contributed by atoms with Gasteiger partial charge in [-0.05, 0) is 53.8 Å². The molecule has 0 radical (unpaired) electrons. The smallest absolute Gasteiger partial charge is 0.416 e. The molecule has 1 aromatic carbocycles. The standard InChI is InChI=1S/C19H19F3N5O2P/c20-19(21,22)13-3-5-15(16(7-13)29-30)28-18-11-1-2-12(18)10-27(9-11)14-4-6-17(24-8-14)25-26-23/h3-8,11-12,18H,1-2,9-10,30H2/t11-,12+,18?. The summed E-state index contributed by atoms with van der Waals surface area (Å²) in [6.45, 7) is 1.50. The number of anilines is 1. The number of piperidine rings is 1. The van der Waals surface area contributed by atoms with Gasteiger partial charge in [-0.3, -0.25) is 4.98 Å². The first-order chi connectivity index (χ1) is 14.4. The van der Waals surface area contributed by atoms with Crippen molar-refractivity contribution in [2.75, 3.05) is 18.0 Å². The Morgan fingerprint density at radius 1 is 1.13 bits per heavy atom. The summed E-state index contributed by atoms with van der Waals surface area (Å²) in [7, 11) is 1.98. The minimum absolute atomic E-state index is 0.0505. The number of benzene rings is 1. The number of nitrogens with zero attached hydrogens (tertiary/aromatic N) is 5. The number of pyridine rings is 1. The maximum atomic E-state index is 13.0. The third-order valence-corrected chi connectivity index (χ3v) is 5.91. The van der Waals surface area contributed by atoms with Gasteiger partial charge in [0.25, 0.3) is 0 Å². The van der Waals surface area contributed by atoms with Gasteiger partial charge in [0, 0.05) is 29.8 Å². The van der Waals surface area contributed by atoms with E-state index in [1.165, 1.54) is 6.07 Å². The zero-order chi connectivity index (χ0) is 21.3. The van der Waals surface area contributed by atoms with Crippen molar-refractivity contribution in [2.24, 2.45) is 17.0 Å². The number of ether oxygens (including phenoxy) is 1. The molecule has 11 heteroatoms. The Morgan fingerprint density at radius 3 is 2.43 bits per heavy atom. The molecule has 1 saturated heterocycles. The van der Waals surface area contributed by atoms with Gasteiger partial charge in [0.1, 0.15) is 11.9 Å². The number of fused-ring (bicyclic) bond motifs is 2. The van der Waals surface area contributed by atoms with Gasteiger partial charge in [0.05, 0.1) is 26.9 Å². The number of azide groups is 1. The largest absolute Gasteiger partial charge is 0.486 e. The van der Waals surface area contributed by atoms with E-state index in [9.17, 15) is 13.2 Å². The fourth-order valence-electron chi connectivity index (χ4n) is 4.27. The number of alkyl halides is 3. The minimum Gasteiger partial charge on any atom is -0.486 e. The zero-order valence-corrected chi connectivity index (χ0v) is 16.9. The monoisotopic (exact) mass is 437 g/mol. The summed E-state index contributed by atoms with van der Waals surface area (Å²) >= 11 is 0.